The summed E-state index contributed by atoms with van der Waals surface area (Å²) in [6, 6.07) is 8.21. The minimum absolute atomic E-state index is 0.0280. The van der Waals surface area contributed by atoms with Gasteiger partial charge >= 0.3 is 0 Å². The molecule has 1 N–H and O–H groups in total. The Hall–Kier alpha value is -2.45. The van der Waals surface area contributed by atoms with Crippen LogP contribution < -0.4 is 5.32 Å². The second kappa shape index (κ2) is 9.14. The van der Waals surface area contributed by atoms with Gasteiger partial charge in [-0.3, -0.25) is 4.79 Å². The third-order valence-corrected chi connectivity index (χ3v) is 6.17. The molecule has 7 nitrogen and oxygen atoms in total. The van der Waals surface area contributed by atoms with Gasteiger partial charge in [-0.15, -0.1) is 5.10 Å². The minimum atomic E-state index is -0.0280. The lowest BCUT2D eigenvalue weighted by Gasteiger charge is -2.12. The maximum absolute atomic E-state index is 12.4. The molecule has 1 atom stereocenters. The molecule has 1 aromatic carbocycles. The molecule has 158 valence electrons. The number of nitrogens with one attached hydrogen (secondary N) is 1. The fourth-order valence-corrected chi connectivity index (χ4v) is 4.37. The number of carbonyl (C=O) groups excluding carboxylic acids is 1. The Balaban J connectivity index is 1.58. The minimum Gasteiger partial charge on any atom is -0.376 e. The number of rotatable bonds is 7. The van der Waals surface area contributed by atoms with Crippen molar-refractivity contribution in [2.24, 2.45) is 0 Å². The van der Waals surface area contributed by atoms with Crippen LogP contribution in [0.1, 0.15) is 43.9 Å². The lowest BCUT2D eigenvalue weighted by molar-refractivity contribution is -0.119. The van der Waals surface area contributed by atoms with Crippen LogP contribution in [-0.2, 0) is 9.53 Å². The van der Waals surface area contributed by atoms with Crippen molar-refractivity contribution in [1.29, 1.82) is 0 Å². The molecule has 1 fully saturated rings. The highest BCUT2D eigenvalue weighted by atomic mass is 32.2. The van der Waals surface area contributed by atoms with E-state index in [0.717, 1.165) is 41.7 Å². The summed E-state index contributed by atoms with van der Waals surface area (Å²) < 4.78 is 7.46. The Kier molecular flexibility index (Phi) is 6.34. The lowest BCUT2D eigenvalue weighted by atomic mass is 10.1. The van der Waals surface area contributed by atoms with Gasteiger partial charge in [0.15, 0.2) is 0 Å². The van der Waals surface area contributed by atoms with E-state index in [4.69, 9.17) is 4.74 Å². The molecule has 0 saturated carbocycles. The van der Waals surface area contributed by atoms with E-state index in [1.54, 1.807) is 0 Å². The van der Waals surface area contributed by atoms with Crippen LogP contribution in [0.5, 0.6) is 0 Å². The van der Waals surface area contributed by atoms with Crippen LogP contribution in [-0.4, -0.2) is 50.9 Å². The Morgan fingerprint density at radius 3 is 2.80 bits per heavy atom. The van der Waals surface area contributed by atoms with Crippen LogP contribution >= 0.6 is 11.8 Å². The van der Waals surface area contributed by atoms with Crippen molar-refractivity contribution in [1.82, 2.24) is 25.3 Å². The maximum Gasteiger partial charge on any atom is 0.230 e. The van der Waals surface area contributed by atoms with Gasteiger partial charge in [-0.1, -0.05) is 43.3 Å². The average molecular weight is 426 g/mol. The first-order valence-electron chi connectivity index (χ1n) is 10.4. The molecule has 0 bridgehead atoms. The summed E-state index contributed by atoms with van der Waals surface area (Å²) in [4.78, 5) is 12.4. The molecule has 30 heavy (non-hydrogen) atoms. The normalized spacial score (nSPS) is 16.5. The average Bonchev–Trinajstić information content (AvgIpc) is 3.41. The number of hydrogen-bond donors (Lipinski definition) is 1. The summed E-state index contributed by atoms with van der Waals surface area (Å²) in [5.41, 5.74) is 3.96. The Bertz CT molecular complexity index is 1030. The van der Waals surface area contributed by atoms with Gasteiger partial charge in [0.1, 0.15) is 10.5 Å². The maximum atomic E-state index is 12.4. The number of benzene rings is 1. The van der Waals surface area contributed by atoms with Gasteiger partial charge in [-0.25, -0.2) is 4.68 Å². The van der Waals surface area contributed by atoms with Gasteiger partial charge in [0.25, 0.3) is 0 Å². The van der Waals surface area contributed by atoms with E-state index in [1.165, 1.54) is 17.3 Å². The molecular weight excluding hydrogens is 398 g/mol. The van der Waals surface area contributed by atoms with Crippen LogP contribution in [0.25, 0.3) is 16.6 Å². The molecule has 1 unspecified atom stereocenters. The molecule has 0 spiro atoms. The van der Waals surface area contributed by atoms with Crippen LogP contribution in [0.2, 0.25) is 0 Å². The SMILES string of the molecule is Cc1ccc(-n2ncc3c(C(C)C)nnc(SCC(=O)NCC4CCCO4)c32)cc1. The molecule has 1 amide bonds. The number of thioether (sulfide) groups is 1. The van der Waals surface area contributed by atoms with Gasteiger partial charge in [0, 0.05) is 18.5 Å². The predicted octanol–water partition coefficient (Wildman–Crippen LogP) is 3.63. The van der Waals surface area contributed by atoms with Crippen LogP contribution in [0.4, 0.5) is 0 Å². The predicted molar refractivity (Wildman–Crippen MR) is 118 cm³/mol. The zero-order chi connectivity index (χ0) is 21.1. The van der Waals surface area contributed by atoms with Gasteiger partial charge in [0.05, 0.1) is 29.4 Å². The summed E-state index contributed by atoms with van der Waals surface area (Å²) in [5.74, 6) is 0.473. The van der Waals surface area contributed by atoms with Crippen molar-refractivity contribution in [2.45, 2.75) is 50.7 Å². The lowest BCUT2D eigenvalue weighted by Crippen LogP contribution is -2.32. The smallest absolute Gasteiger partial charge is 0.230 e. The quantitative estimate of drug-likeness (QED) is 0.582. The summed E-state index contributed by atoms with van der Waals surface area (Å²) >= 11 is 1.39. The molecular formula is C22H27N5O2S. The zero-order valence-electron chi connectivity index (χ0n) is 17.6. The first kappa shape index (κ1) is 20.8. The third kappa shape index (κ3) is 4.49. The van der Waals surface area contributed by atoms with E-state index < -0.39 is 0 Å². The number of aryl methyl sites for hydroxylation is 1. The Morgan fingerprint density at radius 1 is 1.30 bits per heavy atom. The fraction of sp³-hybridized carbons (Fsp3) is 0.455. The highest BCUT2D eigenvalue weighted by Crippen LogP contribution is 2.31. The first-order chi connectivity index (χ1) is 14.5. The largest absolute Gasteiger partial charge is 0.376 e. The second-order valence-corrected chi connectivity index (χ2v) is 8.89. The van der Waals surface area contributed by atoms with Crippen LogP contribution in [0.15, 0.2) is 35.5 Å². The van der Waals surface area contributed by atoms with Crippen molar-refractivity contribution >= 4 is 28.6 Å². The number of carbonyl (C=O) groups is 1. The fourth-order valence-electron chi connectivity index (χ4n) is 3.57. The number of amides is 1. The second-order valence-electron chi connectivity index (χ2n) is 7.93. The molecule has 4 rings (SSSR count). The first-order valence-corrected chi connectivity index (χ1v) is 11.3. The molecule has 8 heteroatoms. The summed E-state index contributed by atoms with van der Waals surface area (Å²) in [6.45, 7) is 7.60. The van der Waals surface area contributed by atoms with Gasteiger partial charge in [-0.05, 0) is 37.8 Å². The van der Waals surface area contributed by atoms with E-state index in [9.17, 15) is 4.79 Å². The third-order valence-electron chi connectivity index (χ3n) is 5.21. The number of ether oxygens (including phenoxy) is 1. The molecule has 1 aliphatic rings. The van der Waals surface area contributed by atoms with E-state index in [-0.39, 0.29) is 23.7 Å². The topological polar surface area (TPSA) is 81.9 Å². The number of hydrogen-bond acceptors (Lipinski definition) is 6. The monoisotopic (exact) mass is 425 g/mol. The summed E-state index contributed by atoms with van der Waals surface area (Å²) in [6.07, 6.45) is 4.06. The van der Waals surface area contributed by atoms with Gasteiger partial charge in [0.2, 0.25) is 5.91 Å². The Morgan fingerprint density at radius 2 is 2.10 bits per heavy atom. The molecule has 3 heterocycles. The standard InChI is InChI=1S/C22H27N5O2S/c1-14(2)20-18-12-24-27(16-8-6-15(3)7-9-16)21(18)22(26-25-20)30-13-19(28)23-11-17-5-4-10-29-17/h6-9,12,14,17H,4-5,10-11,13H2,1-3H3,(H,23,28). The van der Waals surface area contributed by atoms with Crippen molar-refractivity contribution < 1.29 is 9.53 Å². The van der Waals surface area contributed by atoms with E-state index in [0.29, 0.717) is 11.6 Å². The number of fused-ring (bicyclic) bond motifs is 1. The van der Waals surface area contributed by atoms with E-state index >= 15 is 0 Å². The molecule has 0 aliphatic carbocycles. The summed E-state index contributed by atoms with van der Waals surface area (Å²) in [7, 11) is 0. The number of nitrogens with zero attached hydrogens (tertiary/aromatic N) is 4. The molecule has 0 radical (unpaired) electrons. The zero-order valence-corrected chi connectivity index (χ0v) is 18.4. The van der Waals surface area contributed by atoms with E-state index in [1.807, 2.05) is 23.0 Å². The highest BCUT2D eigenvalue weighted by molar-refractivity contribution is 8.00. The Labute approximate surface area is 180 Å². The molecule has 1 saturated heterocycles. The van der Waals surface area contributed by atoms with Crippen molar-refractivity contribution in [3.05, 3.63) is 41.7 Å². The van der Waals surface area contributed by atoms with Crippen molar-refractivity contribution in [3.63, 3.8) is 0 Å². The van der Waals surface area contributed by atoms with Crippen molar-refractivity contribution in [2.75, 3.05) is 18.9 Å². The molecule has 2 aromatic heterocycles. The molecule has 3 aromatic rings. The molecule has 1 aliphatic heterocycles. The van der Waals surface area contributed by atoms with Gasteiger partial charge in [-0.2, -0.15) is 10.2 Å². The summed E-state index contributed by atoms with van der Waals surface area (Å²) in [5, 5.41) is 18.2. The van der Waals surface area contributed by atoms with Crippen LogP contribution in [0.3, 0.4) is 0 Å². The van der Waals surface area contributed by atoms with E-state index in [2.05, 4.69) is 53.5 Å². The van der Waals surface area contributed by atoms with Crippen molar-refractivity contribution in [3.8, 4) is 5.69 Å². The highest BCUT2D eigenvalue weighted by Gasteiger charge is 2.20. The van der Waals surface area contributed by atoms with Gasteiger partial charge < -0.3 is 10.1 Å². The number of aromatic nitrogens is 4. The van der Waals surface area contributed by atoms with Crippen LogP contribution in [0, 0.1) is 6.92 Å².